The first-order valence-corrected chi connectivity index (χ1v) is 7.28. The predicted molar refractivity (Wildman–Crippen MR) is 75.0 cm³/mol. The zero-order valence-electron chi connectivity index (χ0n) is 12.2. The average molecular weight is 320 g/mol. The molecule has 0 unspecified atom stereocenters. The quantitative estimate of drug-likeness (QED) is 0.840. The summed E-state index contributed by atoms with van der Waals surface area (Å²) in [5.74, 6) is -0.263. The van der Waals surface area contributed by atoms with Crippen molar-refractivity contribution in [3.05, 3.63) is 35.6 Å². The van der Waals surface area contributed by atoms with Crippen LogP contribution in [-0.2, 0) is 6.42 Å². The van der Waals surface area contributed by atoms with E-state index in [1.807, 2.05) is 0 Å². The van der Waals surface area contributed by atoms with Crippen LogP contribution in [0.2, 0.25) is 0 Å². The highest BCUT2D eigenvalue weighted by atomic mass is 19.4. The molecule has 1 aromatic carbocycles. The molecule has 124 valence electrons. The van der Waals surface area contributed by atoms with Crippen molar-refractivity contribution in [3.8, 4) is 0 Å². The lowest BCUT2D eigenvalue weighted by Crippen LogP contribution is -2.51. The second-order valence-corrected chi connectivity index (χ2v) is 5.58. The van der Waals surface area contributed by atoms with E-state index in [2.05, 4.69) is 4.90 Å². The first kappa shape index (κ1) is 17.2. The monoisotopic (exact) mass is 320 g/mol. The molecule has 2 rings (SSSR count). The minimum atomic E-state index is -4.56. The molecule has 1 aromatic rings. The lowest BCUT2D eigenvalue weighted by molar-refractivity contribution is -0.208. The molecule has 1 atom stereocenters. The van der Waals surface area contributed by atoms with Crippen molar-refractivity contribution in [2.75, 3.05) is 39.3 Å². The van der Waals surface area contributed by atoms with Gasteiger partial charge in [-0.1, -0.05) is 12.1 Å². The van der Waals surface area contributed by atoms with Crippen LogP contribution in [0.1, 0.15) is 5.56 Å². The molecule has 0 aliphatic carbocycles. The van der Waals surface area contributed by atoms with Gasteiger partial charge in [0, 0.05) is 39.3 Å². The number of nitrogens with zero attached hydrogens (tertiary/aromatic N) is 2. The van der Waals surface area contributed by atoms with E-state index in [0.717, 1.165) is 18.5 Å². The SMILES string of the molecule is O[C@H](CN1CCN(CCc2ccc(F)cc2)CC1)C(F)(F)F. The Balaban J connectivity index is 1.70. The second kappa shape index (κ2) is 7.39. The van der Waals surface area contributed by atoms with E-state index in [-0.39, 0.29) is 12.4 Å². The maximum absolute atomic E-state index is 12.8. The largest absolute Gasteiger partial charge is 0.415 e. The third-order valence-electron chi connectivity index (χ3n) is 3.90. The molecular weight excluding hydrogens is 300 g/mol. The van der Waals surface area contributed by atoms with Gasteiger partial charge in [0.1, 0.15) is 5.82 Å². The summed E-state index contributed by atoms with van der Waals surface area (Å²) in [6.07, 6.45) is -6.05. The maximum Gasteiger partial charge on any atom is 0.415 e. The van der Waals surface area contributed by atoms with Gasteiger partial charge in [0.15, 0.2) is 6.10 Å². The minimum absolute atomic E-state index is 0.263. The normalized spacial score (nSPS) is 19.3. The zero-order valence-corrected chi connectivity index (χ0v) is 12.2. The Hall–Kier alpha value is -1.18. The van der Waals surface area contributed by atoms with E-state index in [9.17, 15) is 17.6 Å². The minimum Gasteiger partial charge on any atom is -0.382 e. The molecule has 0 spiro atoms. The molecule has 1 N–H and O–H groups in total. The van der Waals surface area contributed by atoms with Gasteiger partial charge < -0.3 is 10.0 Å². The van der Waals surface area contributed by atoms with E-state index >= 15 is 0 Å². The molecule has 0 bridgehead atoms. The number of hydrogen-bond acceptors (Lipinski definition) is 3. The van der Waals surface area contributed by atoms with Crippen LogP contribution in [0.3, 0.4) is 0 Å². The molecule has 1 aliphatic rings. The van der Waals surface area contributed by atoms with E-state index in [0.29, 0.717) is 26.2 Å². The summed E-state index contributed by atoms with van der Waals surface area (Å²) in [5.41, 5.74) is 1.04. The van der Waals surface area contributed by atoms with Crippen LogP contribution < -0.4 is 0 Å². The topological polar surface area (TPSA) is 26.7 Å². The number of hydrogen-bond donors (Lipinski definition) is 1. The number of piperazine rings is 1. The van der Waals surface area contributed by atoms with E-state index < -0.39 is 12.3 Å². The van der Waals surface area contributed by atoms with Gasteiger partial charge >= 0.3 is 6.18 Å². The van der Waals surface area contributed by atoms with Crippen LogP contribution in [0.25, 0.3) is 0 Å². The lowest BCUT2D eigenvalue weighted by atomic mass is 10.1. The van der Waals surface area contributed by atoms with Crippen molar-refractivity contribution >= 4 is 0 Å². The summed E-state index contributed by atoms with van der Waals surface area (Å²) >= 11 is 0. The number of rotatable bonds is 5. The number of benzene rings is 1. The predicted octanol–water partition coefficient (Wildman–Crippen LogP) is 1.91. The zero-order chi connectivity index (χ0) is 16.2. The third-order valence-corrected chi connectivity index (χ3v) is 3.90. The molecule has 0 radical (unpaired) electrons. The Morgan fingerprint density at radius 3 is 2.09 bits per heavy atom. The maximum atomic E-state index is 12.8. The van der Waals surface area contributed by atoms with Crippen LogP contribution >= 0.6 is 0 Å². The van der Waals surface area contributed by atoms with Crippen molar-refractivity contribution < 1.29 is 22.7 Å². The number of aliphatic hydroxyl groups excluding tert-OH is 1. The molecule has 0 amide bonds. The summed E-state index contributed by atoms with van der Waals surface area (Å²) in [6, 6.07) is 6.33. The summed E-state index contributed by atoms with van der Waals surface area (Å²) in [5, 5.41) is 9.07. The van der Waals surface area contributed by atoms with Crippen molar-refractivity contribution in [3.63, 3.8) is 0 Å². The number of alkyl halides is 3. The number of halogens is 4. The summed E-state index contributed by atoms with van der Waals surface area (Å²) in [6.45, 7) is 2.79. The van der Waals surface area contributed by atoms with Gasteiger partial charge in [-0.25, -0.2) is 4.39 Å². The van der Waals surface area contributed by atoms with Crippen molar-refractivity contribution in [2.45, 2.75) is 18.7 Å². The van der Waals surface area contributed by atoms with Gasteiger partial charge in [-0.3, -0.25) is 4.90 Å². The standard InChI is InChI=1S/C15H20F4N2O/c16-13-3-1-12(2-4-13)5-6-20-7-9-21(10-8-20)11-14(22)15(17,18)19/h1-4,14,22H,5-11H2/t14-/m1/s1. The van der Waals surface area contributed by atoms with Crippen LogP contribution in [0.4, 0.5) is 17.6 Å². The van der Waals surface area contributed by atoms with Crippen LogP contribution in [0.15, 0.2) is 24.3 Å². The van der Waals surface area contributed by atoms with Gasteiger partial charge in [0.05, 0.1) is 0 Å². The first-order chi connectivity index (χ1) is 10.3. The summed E-state index contributed by atoms with van der Waals surface area (Å²) in [7, 11) is 0. The van der Waals surface area contributed by atoms with Crippen LogP contribution in [0.5, 0.6) is 0 Å². The lowest BCUT2D eigenvalue weighted by Gasteiger charge is -2.35. The van der Waals surface area contributed by atoms with E-state index in [4.69, 9.17) is 5.11 Å². The highest BCUT2D eigenvalue weighted by Gasteiger charge is 2.39. The Morgan fingerprint density at radius 2 is 1.55 bits per heavy atom. The summed E-state index contributed by atoms with van der Waals surface area (Å²) in [4.78, 5) is 3.80. The van der Waals surface area contributed by atoms with Gasteiger partial charge in [0.25, 0.3) is 0 Å². The fourth-order valence-electron chi connectivity index (χ4n) is 2.48. The highest BCUT2D eigenvalue weighted by Crippen LogP contribution is 2.21. The van der Waals surface area contributed by atoms with E-state index in [1.165, 1.54) is 12.1 Å². The molecule has 3 nitrogen and oxygen atoms in total. The molecule has 1 saturated heterocycles. The average Bonchev–Trinajstić information content (AvgIpc) is 2.47. The Kier molecular flexibility index (Phi) is 5.77. The van der Waals surface area contributed by atoms with Crippen molar-refractivity contribution in [1.29, 1.82) is 0 Å². The van der Waals surface area contributed by atoms with Gasteiger partial charge in [-0.15, -0.1) is 0 Å². The molecule has 7 heteroatoms. The summed E-state index contributed by atoms with van der Waals surface area (Å²) < 4.78 is 49.7. The molecule has 0 saturated carbocycles. The molecular formula is C15H20F4N2O. The Labute approximate surface area is 127 Å². The van der Waals surface area contributed by atoms with E-state index in [1.54, 1.807) is 17.0 Å². The van der Waals surface area contributed by atoms with Crippen molar-refractivity contribution in [1.82, 2.24) is 9.80 Å². The Bertz CT molecular complexity index is 456. The fourth-order valence-corrected chi connectivity index (χ4v) is 2.48. The van der Waals surface area contributed by atoms with Gasteiger partial charge in [0.2, 0.25) is 0 Å². The first-order valence-electron chi connectivity index (χ1n) is 7.28. The fraction of sp³-hybridized carbons (Fsp3) is 0.600. The Morgan fingerprint density at radius 1 is 1.00 bits per heavy atom. The van der Waals surface area contributed by atoms with Gasteiger partial charge in [-0.05, 0) is 24.1 Å². The van der Waals surface area contributed by atoms with Crippen LogP contribution in [0, 0.1) is 5.82 Å². The highest BCUT2D eigenvalue weighted by molar-refractivity contribution is 5.16. The molecule has 1 heterocycles. The molecule has 1 fully saturated rings. The molecule has 22 heavy (non-hydrogen) atoms. The smallest absolute Gasteiger partial charge is 0.382 e. The van der Waals surface area contributed by atoms with Gasteiger partial charge in [-0.2, -0.15) is 13.2 Å². The second-order valence-electron chi connectivity index (χ2n) is 5.58. The number of β-amino-alcohol motifs (C(OH)–C–C–N with tert-alkyl or cyclic N) is 1. The van der Waals surface area contributed by atoms with Crippen LogP contribution in [-0.4, -0.2) is 66.5 Å². The molecule has 0 aromatic heterocycles. The van der Waals surface area contributed by atoms with Crippen molar-refractivity contribution in [2.24, 2.45) is 0 Å². The number of aliphatic hydroxyl groups is 1. The third kappa shape index (κ3) is 5.23. The molecule has 1 aliphatic heterocycles.